The maximum atomic E-state index is 11.0. The Balaban J connectivity index is 2.52. The van der Waals surface area contributed by atoms with E-state index in [0.29, 0.717) is 12.8 Å². The smallest absolute Gasteiger partial charge is 0.217 e. The van der Waals surface area contributed by atoms with Crippen molar-refractivity contribution in [3.63, 3.8) is 0 Å². The van der Waals surface area contributed by atoms with E-state index in [9.17, 15) is 8.42 Å². The molecule has 0 heterocycles. The third-order valence-corrected chi connectivity index (χ3v) is 3.82. The van der Waals surface area contributed by atoms with Crippen LogP contribution in [0.2, 0.25) is 0 Å². The van der Waals surface area contributed by atoms with E-state index in [-0.39, 0.29) is 12.7 Å². The highest BCUT2D eigenvalue weighted by atomic mass is 32.2. The standard InChI is InChI=1S/C7H15NO3S/c1-6(2)11-5-7(3-4-7)12(8,9)10/h6H,3-5H2,1-2H3,(H2,8,9,10). The van der Waals surface area contributed by atoms with Crippen molar-refractivity contribution >= 4 is 10.0 Å². The average Bonchev–Trinajstić information content (AvgIpc) is 2.60. The zero-order chi connectivity index (χ0) is 9.41. The van der Waals surface area contributed by atoms with Gasteiger partial charge in [-0.3, -0.25) is 0 Å². The molecule has 5 heteroatoms. The van der Waals surface area contributed by atoms with E-state index < -0.39 is 14.8 Å². The van der Waals surface area contributed by atoms with Gasteiger partial charge in [-0.15, -0.1) is 0 Å². The van der Waals surface area contributed by atoms with Gasteiger partial charge < -0.3 is 4.74 Å². The number of hydrogen-bond acceptors (Lipinski definition) is 3. The fourth-order valence-corrected chi connectivity index (χ4v) is 1.87. The minimum Gasteiger partial charge on any atom is -0.377 e. The molecule has 0 aromatic rings. The highest BCUT2D eigenvalue weighted by molar-refractivity contribution is 7.90. The molecule has 0 aliphatic heterocycles. The second kappa shape index (κ2) is 2.97. The van der Waals surface area contributed by atoms with Crippen LogP contribution in [0.25, 0.3) is 0 Å². The first-order chi connectivity index (χ1) is 5.37. The fourth-order valence-electron chi connectivity index (χ4n) is 0.969. The molecule has 0 spiro atoms. The molecular weight excluding hydrogens is 178 g/mol. The lowest BCUT2D eigenvalue weighted by Crippen LogP contribution is -2.35. The van der Waals surface area contributed by atoms with Crippen LogP contribution in [0, 0.1) is 0 Å². The molecule has 0 bridgehead atoms. The lowest BCUT2D eigenvalue weighted by atomic mass is 10.4. The molecule has 1 saturated carbocycles. The third-order valence-electron chi connectivity index (χ3n) is 2.09. The Labute approximate surface area is 73.1 Å². The van der Waals surface area contributed by atoms with Gasteiger partial charge in [0.1, 0.15) is 4.75 Å². The second-order valence-corrected chi connectivity index (χ2v) is 5.54. The molecule has 0 amide bonds. The topological polar surface area (TPSA) is 69.4 Å². The summed E-state index contributed by atoms with van der Waals surface area (Å²) in [6.45, 7) is 3.99. The van der Waals surface area contributed by atoms with E-state index in [4.69, 9.17) is 9.88 Å². The van der Waals surface area contributed by atoms with Gasteiger partial charge in [0, 0.05) is 0 Å². The summed E-state index contributed by atoms with van der Waals surface area (Å²) in [5.74, 6) is 0. The second-order valence-electron chi connectivity index (χ2n) is 3.59. The summed E-state index contributed by atoms with van der Waals surface area (Å²) in [5.41, 5.74) is 0. The van der Waals surface area contributed by atoms with Crippen LogP contribution >= 0.6 is 0 Å². The van der Waals surface area contributed by atoms with Crippen molar-refractivity contribution < 1.29 is 13.2 Å². The van der Waals surface area contributed by atoms with Crippen molar-refractivity contribution in [1.82, 2.24) is 0 Å². The summed E-state index contributed by atoms with van der Waals surface area (Å²) in [6.07, 6.45) is 1.33. The number of primary sulfonamides is 1. The average molecular weight is 193 g/mol. The Bertz CT molecular complexity index is 254. The molecule has 0 radical (unpaired) electrons. The minimum absolute atomic E-state index is 0.0595. The number of sulfonamides is 1. The minimum atomic E-state index is -3.41. The van der Waals surface area contributed by atoms with Gasteiger partial charge in [-0.1, -0.05) is 0 Å². The highest BCUT2D eigenvalue weighted by Crippen LogP contribution is 2.42. The van der Waals surface area contributed by atoms with Gasteiger partial charge in [-0.05, 0) is 26.7 Å². The van der Waals surface area contributed by atoms with Crippen LogP contribution in [0.15, 0.2) is 0 Å². The first-order valence-corrected chi connectivity index (χ1v) is 5.56. The molecule has 0 saturated heterocycles. The molecule has 72 valence electrons. The Kier molecular flexibility index (Phi) is 2.47. The van der Waals surface area contributed by atoms with Crippen molar-refractivity contribution in [3.8, 4) is 0 Å². The maximum Gasteiger partial charge on any atom is 0.217 e. The van der Waals surface area contributed by atoms with Crippen LogP contribution < -0.4 is 5.14 Å². The van der Waals surface area contributed by atoms with Crippen LogP contribution in [0.4, 0.5) is 0 Å². The SMILES string of the molecule is CC(C)OCC1(S(N)(=O)=O)CC1. The molecule has 1 rings (SSSR count). The zero-order valence-corrected chi connectivity index (χ0v) is 8.23. The van der Waals surface area contributed by atoms with Crippen LogP contribution in [0.3, 0.4) is 0 Å². The van der Waals surface area contributed by atoms with Crippen LogP contribution in [-0.2, 0) is 14.8 Å². The van der Waals surface area contributed by atoms with Crippen molar-refractivity contribution in [1.29, 1.82) is 0 Å². The van der Waals surface area contributed by atoms with Gasteiger partial charge in [0.25, 0.3) is 0 Å². The first-order valence-electron chi connectivity index (χ1n) is 4.01. The molecule has 1 fully saturated rings. The van der Waals surface area contributed by atoms with Crippen LogP contribution in [-0.4, -0.2) is 25.9 Å². The van der Waals surface area contributed by atoms with Crippen LogP contribution in [0.1, 0.15) is 26.7 Å². The van der Waals surface area contributed by atoms with Gasteiger partial charge >= 0.3 is 0 Å². The predicted molar refractivity (Wildman–Crippen MR) is 46.2 cm³/mol. The molecule has 0 aromatic carbocycles. The van der Waals surface area contributed by atoms with Crippen molar-refractivity contribution in [2.75, 3.05) is 6.61 Å². The molecule has 12 heavy (non-hydrogen) atoms. The quantitative estimate of drug-likeness (QED) is 0.695. The van der Waals surface area contributed by atoms with E-state index in [2.05, 4.69) is 0 Å². The maximum absolute atomic E-state index is 11.0. The van der Waals surface area contributed by atoms with E-state index in [0.717, 1.165) is 0 Å². The molecule has 0 atom stereocenters. The number of hydrogen-bond donors (Lipinski definition) is 1. The summed E-state index contributed by atoms with van der Waals surface area (Å²) >= 11 is 0. The van der Waals surface area contributed by atoms with Crippen molar-refractivity contribution in [2.45, 2.75) is 37.5 Å². The monoisotopic (exact) mass is 193 g/mol. The summed E-state index contributed by atoms with van der Waals surface area (Å²) < 4.78 is 26.5. The zero-order valence-electron chi connectivity index (χ0n) is 7.41. The third kappa shape index (κ3) is 1.97. The number of rotatable bonds is 4. The van der Waals surface area contributed by atoms with E-state index in [1.54, 1.807) is 0 Å². The Hall–Kier alpha value is -0.130. The predicted octanol–water partition coefficient (Wildman–Crippen LogP) is 0.233. The highest BCUT2D eigenvalue weighted by Gasteiger charge is 2.53. The summed E-state index contributed by atoms with van der Waals surface area (Å²) in [7, 11) is -3.41. The number of ether oxygens (including phenoxy) is 1. The number of nitrogens with two attached hydrogens (primary N) is 1. The molecule has 2 N–H and O–H groups in total. The van der Waals surface area contributed by atoms with E-state index >= 15 is 0 Å². The summed E-state index contributed by atoms with van der Waals surface area (Å²) in [6, 6.07) is 0. The largest absolute Gasteiger partial charge is 0.377 e. The first kappa shape index (κ1) is 9.95. The van der Waals surface area contributed by atoms with E-state index in [1.807, 2.05) is 13.8 Å². The molecule has 1 aliphatic rings. The Morgan fingerprint density at radius 3 is 2.25 bits per heavy atom. The Morgan fingerprint density at radius 2 is 2.00 bits per heavy atom. The summed E-state index contributed by atoms with van der Waals surface area (Å²) in [5, 5.41) is 5.05. The van der Waals surface area contributed by atoms with E-state index in [1.165, 1.54) is 0 Å². The molecule has 0 aromatic heterocycles. The van der Waals surface area contributed by atoms with Crippen molar-refractivity contribution in [3.05, 3.63) is 0 Å². The van der Waals surface area contributed by atoms with Gasteiger partial charge in [0.05, 0.1) is 12.7 Å². The molecular formula is C7H15NO3S. The molecule has 4 nitrogen and oxygen atoms in total. The lowest BCUT2D eigenvalue weighted by Gasteiger charge is -2.14. The van der Waals surface area contributed by atoms with Gasteiger partial charge in [-0.2, -0.15) is 0 Å². The normalized spacial score (nSPS) is 21.3. The van der Waals surface area contributed by atoms with Gasteiger partial charge in [-0.25, -0.2) is 13.6 Å². The Morgan fingerprint density at radius 1 is 1.50 bits per heavy atom. The van der Waals surface area contributed by atoms with Gasteiger partial charge in [0.15, 0.2) is 0 Å². The van der Waals surface area contributed by atoms with Crippen molar-refractivity contribution in [2.24, 2.45) is 5.14 Å². The molecule has 1 aliphatic carbocycles. The lowest BCUT2D eigenvalue weighted by molar-refractivity contribution is 0.0751. The molecule has 0 unspecified atom stereocenters. The van der Waals surface area contributed by atoms with Crippen LogP contribution in [0.5, 0.6) is 0 Å². The van der Waals surface area contributed by atoms with Gasteiger partial charge in [0.2, 0.25) is 10.0 Å². The summed E-state index contributed by atoms with van der Waals surface area (Å²) in [4.78, 5) is 0. The fraction of sp³-hybridized carbons (Fsp3) is 1.00.